The molecule has 0 bridgehead atoms. The molecule has 28 heavy (non-hydrogen) atoms. The lowest BCUT2D eigenvalue weighted by molar-refractivity contribution is -0.143. The summed E-state index contributed by atoms with van der Waals surface area (Å²) in [4.78, 5) is 12.4. The molecule has 146 valence electrons. The first-order valence-electron chi connectivity index (χ1n) is 9.85. The molecular formula is C22H26N4O2. The molecule has 1 N–H and O–H groups in total. The zero-order valence-electron chi connectivity index (χ0n) is 16.7. The van der Waals surface area contributed by atoms with Crippen molar-refractivity contribution in [2.45, 2.75) is 39.2 Å². The summed E-state index contributed by atoms with van der Waals surface area (Å²) >= 11 is 0. The number of ether oxygens (including phenoxy) is 1. The molecule has 1 aliphatic heterocycles. The summed E-state index contributed by atoms with van der Waals surface area (Å²) in [5, 5.41) is 11.9. The molecule has 3 aromatic rings. The first-order chi connectivity index (χ1) is 13.6. The number of rotatable bonds is 5. The first-order valence-corrected chi connectivity index (χ1v) is 9.85. The third kappa shape index (κ3) is 3.40. The molecule has 6 nitrogen and oxygen atoms in total. The molecule has 6 heteroatoms. The molecule has 0 saturated heterocycles. The van der Waals surface area contributed by atoms with Crippen LogP contribution in [0.1, 0.15) is 47.1 Å². The number of fused-ring (bicyclic) bond motifs is 2. The maximum atomic E-state index is 12.4. The van der Waals surface area contributed by atoms with E-state index in [0.29, 0.717) is 13.0 Å². The van der Waals surface area contributed by atoms with Gasteiger partial charge in [0, 0.05) is 19.5 Å². The third-order valence-electron chi connectivity index (χ3n) is 5.65. The van der Waals surface area contributed by atoms with E-state index in [2.05, 4.69) is 46.8 Å². The van der Waals surface area contributed by atoms with E-state index in [1.807, 2.05) is 20.0 Å². The second-order valence-electron chi connectivity index (χ2n) is 7.38. The van der Waals surface area contributed by atoms with Crippen LogP contribution >= 0.6 is 0 Å². The Morgan fingerprint density at radius 1 is 1.29 bits per heavy atom. The maximum Gasteiger partial charge on any atom is 0.306 e. The smallest absolute Gasteiger partial charge is 0.306 e. The Bertz CT molecular complexity index is 1020. The molecule has 1 atom stereocenters. The summed E-state index contributed by atoms with van der Waals surface area (Å²) in [6.07, 6.45) is 1.36. The minimum atomic E-state index is -0.179. The Balaban J connectivity index is 1.80. The van der Waals surface area contributed by atoms with Crippen LogP contribution < -0.4 is 5.32 Å². The number of aryl methyl sites for hydroxylation is 2. The highest BCUT2D eigenvalue weighted by Crippen LogP contribution is 2.34. The predicted molar refractivity (Wildman–Crippen MR) is 108 cm³/mol. The first kappa shape index (κ1) is 18.6. The monoisotopic (exact) mass is 378 g/mol. The number of nitrogens with one attached hydrogen (secondary N) is 1. The van der Waals surface area contributed by atoms with Gasteiger partial charge in [0.25, 0.3) is 0 Å². The van der Waals surface area contributed by atoms with Crippen LogP contribution in [-0.2, 0) is 29.5 Å². The van der Waals surface area contributed by atoms with Crippen molar-refractivity contribution in [1.29, 1.82) is 0 Å². The van der Waals surface area contributed by atoms with Crippen molar-refractivity contribution >= 4 is 17.0 Å². The van der Waals surface area contributed by atoms with Gasteiger partial charge in [0.2, 0.25) is 0 Å². The molecule has 1 aliphatic rings. The van der Waals surface area contributed by atoms with Crippen molar-refractivity contribution in [2.24, 2.45) is 7.05 Å². The Morgan fingerprint density at radius 3 is 2.96 bits per heavy atom. The van der Waals surface area contributed by atoms with E-state index in [4.69, 9.17) is 4.74 Å². The van der Waals surface area contributed by atoms with Gasteiger partial charge in [0.05, 0.1) is 18.5 Å². The molecule has 2 aromatic carbocycles. The van der Waals surface area contributed by atoms with Crippen LogP contribution in [0.15, 0.2) is 30.3 Å². The van der Waals surface area contributed by atoms with Gasteiger partial charge in [-0.1, -0.05) is 29.5 Å². The van der Waals surface area contributed by atoms with E-state index in [1.54, 1.807) is 4.68 Å². The van der Waals surface area contributed by atoms with E-state index in [-0.39, 0.29) is 11.9 Å². The van der Waals surface area contributed by atoms with Crippen molar-refractivity contribution in [3.05, 3.63) is 58.1 Å². The normalized spacial score (nSPS) is 14.7. The molecule has 0 saturated carbocycles. The topological polar surface area (TPSA) is 69.0 Å². The summed E-state index contributed by atoms with van der Waals surface area (Å²) < 4.78 is 7.05. The van der Waals surface area contributed by atoms with Gasteiger partial charge in [-0.15, -0.1) is 5.10 Å². The van der Waals surface area contributed by atoms with Crippen LogP contribution in [0.25, 0.3) is 11.0 Å². The van der Waals surface area contributed by atoms with E-state index in [9.17, 15) is 4.79 Å². The largest absolute Gasteiger partial charge is 0.466 e. The van der Waals surface area contributed by atoms with E-state index < -0.39 is 0 Å². The maximum absolute atomic E-state index is 12.4. The number of aromatic nitrogens is 3. The van der Waals surface area contributed by atoms with E-state index >= 15 is 0 Å². The molecule has 0 radical (unpaired) electrons. The van der Waals surface area contributed by atoms with Gasteiger partial charge < -0.3 is 10.1 Å². The highest BCUT2D eigenvalue weighted by molar-refractivity contribution is 5.80. The molecule has 0 aliphatic carbocycles. The fourth-order valence-electron chi connectivity index (χ4n) is 4.14. The van der Waals surface area contributed by atoms with Crippen molar-refractivity contribution in [1.82, 2.24) is 20.3 Å². The lowest BCUT2D eigenvalue weighted by Crippen LogP contribution is -2.24. The molecule has 0 amide bonds. The van der Waals surface area contributed by atoms with E-state index in [0.717, 1.165) is 47.2 Å². The number of hydrogen-bond acceptors (Lipinski definition) is 5. The van der Waals surface area contributed by atoms with Crippen molar-refractivity contribution < 1.29 is 9.53 Å². The van der Waals surface area contributed by atoms with Gasteiger partial charge in [0.1, 0.15) is 5.52 Å². The number of esters is 1. The van der Waals surface area contributed by atoms with Gasteiger partial charge in [-0.2, -0.15) is 0 Å². The van der Waals surface area contributed by atoms with Crippen LogP contribution in [0, 0.1) is 6.92 Å². The number of nitrogens with zero attached hydrogens (tertiary/aromatic N) is 3. The highest BCUT2D eigenvalue weighted by Gasteiger charge is 2.24. The standard InChI is InChI=1S/C22H26N4O2/c1-4-28-21(27)12-19(16-6-5-15-9-10-23-13-17(15)11-16)18-7-8-20-22(14(18)2)24-25-26(20)3/h5-8,11,19,23H,4,9-10,12-13H2,1-3H3. The summed E-state index contributed by atoms with van der Waals surface area (Å²) in [6, 6.07) is 10.7. The lowest BCUT2D eigenvalue weighted by Gasteiger charge is -2.23. The zero-order chi connectivity index (χ0) is 19.7. The van der Waals surface area contributed by atoms with Gasteiger partial charge in [-0.25, -0.2) is 4.68 Å². The van der Waals surface area contributed by atoms with Crippen molar-refractivity contribution in [3.63, 3.8) is 0 Å². The summed E-state index contributed by atoms with van der Waals surface area (Å²) in [6.45, 7) is 6.18. The second-order valence-corrected chi connectivity index (χ2v) is 7.38. The lowest BCUT2D eigenvalue weighted by atomic mass is 9.83. The van der Waals surface area contributed by atoms with E-state index in [1.165, 1.54) is 11.1 Å². The Labute approximate surface area is 164 Å². The fourth-order valence-corrected chi connectivity index (χ4v) is 4.14. The van der Waals surface area contributed by atoms with Crippen LogP contribution in [0.2, 0.25) is 0 Å². The van der Waals surface area contributed by atoms with Crippen LogP contribution in [0.5, 0.6) is 0 Å². The Kier molecular flexibility index (Phi) is 5.13. The van der Waals surface area contributed by atoms with Crippen LogP contribution in [-0.4, -0.2) is 34.1 Å². The Morgan fingerprint density at radius 2 is 2.14 bits per heavy atom. The van der Waals surface area contributed by atoms with Crippen molar-refractivity contribution in [3.8, 4) is 0 Å². The van der Waals surface area contributed by atoms with Crippen molar-refractivity contribution in [2.75, 3.05) is 13.2 Å². The molecule has 2 heterocycles. The molecule has 1 aromatic heterocycles. The number of carbonyl (C=O) groups excluding carboxylic acids is 1. The van der Waals surface area contributed by atoms with Crippen LogP contribution in [0.4, 0.5) is 0 Å². The average Bonchev–Trinajstić information content (AvgIpc) is 3.08. The number of benzene rings is 2. The van der Waals surface area contributed by atoms with Crippen LogP contribution in [0.3, 0.4) is 0 Å². The SMILES string of the molecule is CCOC(=O)CC(c1ccc2c(c1)CNCC2)c1ccc2c(nnn2C)c1C. The average molecular weight is 378 g/mol. The molecule has 0 spiro atoms. The van der Waals surface area contributed by atoms with Gasteiger partial charge in [0.15, 0.2) is 0 Å². The number of hydrogen-bond donors (Lipinski definition) is 1. The Hall–Kier alpha value is -2.73. The minimum Gasteiger partial charge on any atom is -0.466 e. The van der Waals surface area contributed by atoms with Gasteiger partial charge in [-0.3, -0.25) is 4.79 Å². The highest BCUT2D eigenvalue weighted by atomic mass is 16.5. The third-order valence-corrected chi connectivity index (χ3v) is 5.65. The quantitative estimate of drug-likeness (QED) is 0.691. The predicted octanol–water partition coefficient (Wildman–Crippen LogP) is 3.01. The molecule has 0 fully saturated rings. The summed E-state index contributed by atoms with van der Waals surface area (Å²) in [5.74, 6) is -0.250. The summed E-state index contributed by atoms with van der Waals surface area (Å²) in [5.41, 5.74) is 7.89. The fraction of sp³-hybridized carbons (Fsp3) is 0.409. The van der Waals surface area contributed by atoms with Gasteiger partial charge in [-0.05, 0) is 60.7 Å². The summed E-state index contributed by atoms with van der Waals surface area (Å²) in [7, 11) is 1.89. The molecule has 4 rings (SSSR count). The molecule has 1 unspecified atom stereocenters. The zero-order valence-corrected chi connectivity index (χ0v) is 16.7. The van der Waals surface area contributed by atoms with Gasteiger partial charge >= 0.3 is 5.97 Å². The molecular weight excluding hydrogens is 352 g/mol. The minimum absolute atomic E-state index is 0.0716. The second kappa shape index (κ2) is 7.72. The number of carbonyl (C=O) groups is 1.